The summed E-state index contributed by atoms with van der Waals surface area (Å²) in [7, 11) is 0. The fourth-order valence-electron chi connectivity index (χ4n) is 9.65. The lowest BCUT2D eigenvalue weighted by Crippen LogP contribution is -2.64. The SMILES string of the molecule is CCC[C@H](OC1C(OC(=O)c2ccccc2)[C@H](O[C@@H]2CC(C(=O)NCCO[C@H]3OC(CO)[C@@H](O)C(n4cc(-c5cc(F)c(F)c(F)c5)nn4)C3O)CC(C)C2O[C@@H]2OC(C)[C@@H](O)C(O)C2O)OC(CO)[C@@H]1O)C(=O)O. The standard InChI is InChI=1S/C48H63F3N4O20/c1-4-8-28(44(65)66)70-41-36(60)31(19-57)73-48(42(41)74-45(67)22-9-6-5-7-10-22)71-29-16-24(13-20(2)40(29)75-47-39(63)38(62)34(58)21(3)69-47)43(64)52-11-12-68-46-37(61)33(35(59)30(18-56)72-46)55-17-27(53-54-55)23-14-25(49)32(51)26(50)15-23/h5-7,9-10,14-15,17,20-21,24,28-31,33-42,46-48,56-63H,4,8,11-13,16,18-19H2,1-3H3,(H,52,64)(H,65,66)/t20?,21?,24?,28-,29+,30?,31?,33?,34+,35+,36-,37?,38?,39?,40?,41?,42?,46-,47-,48+/m0/s1. The van der Waals surface area contributed by atoms with Crippen LogP contribution in [0, 0.1) is 29.3 Å². The van der Waals surface area contributed by atoms with Gasteiger partial charge in [-0.2, -0.15) is 0 Å². The quantitative estimate of drug-likeness (QED) is 0.0371. The van der Waals surface area contributed by atoms with E-state index in [-0.39, 0.29) is 49.2 Å². The van der Waals surface area contributed by atoms with Crippen molar-refractivity contribution >= 4 is 17.8 Å². The van der Waals surface area contributed by atoms with Crippen LogP contribution in [-0.2, 0) is 47.5 Å². The summed E-state index contributed by atoms with van der Waals surface area (Å²) in [5.74, 6) is -9.21. The molecule has 1 saturated carbocycles. The Kier molecular flexibility index (Phi) is 19.7. The summed E-state index contributed by atoms with van der Waals surface area (Å²) in [5, 5.41) is 107. The summed E-state index contributed by atoms with van der Waals surface area (Å²) in [6, 6.07) is 7.56. The number of carbonyl (C=O) groups is 3. The van der Waals surface area contributed by atoms with Gasteiger partial charge >= 0.3 is 11.9 Å². The van der Waals surface area contributed by atoms with E-state index >= 15 is 0 Å². The fraction of sp³-hybridized carbons (Fsp3) is 0.646. The molecule has 4 fully saturated rings. The van der Waals surface area contributed by atoms with Crippen molar-refractivity contribution in [2.75, 3.05) is 26.4 Å². The second-order valence-electron chi connectivity index (χ2n) is 19.0. The molecule has 10 N–H and O–H groups in total. The second kappa shape index (κ2) is 25.6. The molecule has 1 amide bonds. The van der Waals surface area contributed by atoms with Crippen molar-refractivity contribution in [1.82, 2.24) is 20.3 Å². The van der Waals surface area contributed by atoms with Gasteiger partial charge in [-0.05, 0) is 56.4 Å². The number of amides is 1. The highest BCUT2D eigenvalue weighted by Crippen LogP contribution is 2.39. The maximum atomic E-state index is 14.1. The third-order valence-corrected chi connectivity index (χ3v) is 13.7. The van der Waals surface area contributed by atoms with Crippen LogP contribution in [0.2, 0.25) is 0 Å². The highest BCUT2D eigenvalue weighted by Gasteiger charge is 2.54. The van der Waals surface area contributed by atoms with Crippen molar-refractivity contribution in [3.63, 3.8) is 0 Å². The van der Waals surface area contributed by atoms with Crippen molar-refractivity contribution in [3.8, 4) is 11.3 Å². The fourth-order valence-corrected chi connectivity index (χ4v) is 9.65. The Bertz CT molecular complexity index is 2360. The van der Waals surface area contributed by atoms with Crippen LogP contribution in [0.4, 0.5) is 13.2 Å². The van der Waals surface area contributed by atoms with Gasteiger partial charge in [0, 0.05) is 18.0 Å². The highest BCUT2D eigenvalue weighted by molar-refractivity contribution is 5.89. The molecule has 75 heavy (non-hydrogen) atoms. The van der Waals surface area contributed by atoms with E-state index in [0.717, 1.165) is 10.9 Å². The zero-order chi connectivity index (χ0) is 54.4. The molecule has 4 heterocycles. The first-order valence-electron chi connectivity index (χ1n) is 24.4. The van der Waals surface area contributed by atoms with E-state index in [1.54, 1.807) is 32.0 Å². The minimum Gasteiger partial charge on any atom is -0.479 e. The Morgan fingerprint density at radius 2 is 1.47 bits per heavy atom. The second-order valence-corrected chi connectivity index (χ2v) is 19.0. The number of aliphatic hydroxyl groups is 8. The van der Waals surface area contributed by atoms with Crippen LogP contribution in [0.3, 0.4) is 0 Å². The van der Waals surface area contributed by atoms with Crippen LogP contribution in [-0.4, -0.2) is 209 Å². The molecule has 416 valence electrons. The molecule has 0 radical (unpaired) electrons. The van der Waals surface area contributed by atoms with E-state index in [4.69, 9.17) is 37.9 Å². The number of aliphatic carboxylic acids is 1. The largest absolute Gasteiger partial charge is 0.479 e. The van der Waals surface area contributed by atoms with Crippen LogP contribution in [0.25, 0.3) is 11.3 Å². The molecule has 3 saturated heterocycles. The molecule has 4 aliphatic rings. The lowest BCUT2D eigenvalue weighted by Gasteiger charge is -2.48. The smallest absolute Gasteiger partial charge is 0.338 e. The number of carboxylic acids is 1. The average molecular weight is 1070 g/mol. The van der Waals surface area contributed by atoms with Gasteiger partial charge in [-0.25, -0.2) is 27.4 Å². The number of esters is 1. The van der Waals surface area contributed by atoms with Crippen molar-refractivity contribution in [1.29, 1.82) is 0 Å². The van der Waals surface area contributed by atoms with Gasteiger partial charge in [0.25, 0.3) is 0 Å². The minimum absolute atomic E-state index is 0.0340. The number of hydrogen-bond acceptors (Lipinski definition) is 21. The van der Waals surface area contributed by atoms with E-state index in [9.17, 15) is 73.5 Å². The van der Waals surface area contributed by atoms with Gasteiger partial charge in [-0.15, -0.1) is 5.10 Å². The molecule has 3 aromatic rings. The molecule has 24 nitrogen and oxygen atoms in total. The number of aliphatic hydroxyl groups excluding tert-OH is 8. The number of hydrogen-bond donors (Lipinski definition) is 10. The number of nitrogens with zero attached hydrogens (tertiary/aromatic N) is 3. The topological polar surface area (TPSA) is 350 Å². The first-order chi connectivity index (χ1) is 35.8. The summed E-state index contributed by atoms with van der Waals surface area (Å²) in [6.07, 6.45) is -25.0. The molecule has 0 spiro atoms. The molecule has 7 rings (SSSR count). The van der Waals surface area contributed by atoms with Gasteiger partial charge < -0.3 is 89.2 Å². The molecule has 2 aromatic carbocycles. The van der Waals surface area contributed by atoms with E-state index in [1.807, 2.05) is 0 Å². The van der Waals surface area contributed by atoms with Gasteiger partial charge in [0.1, 0.15) is 66.7 Å². The summed E-state index contributed by atoms with van der Waals surface area (Å²) < 4.78 is 90.5. The van der Waals surface area contributed by atoms with Crippen molar-refractivity contribution in [2.24, 2.45) is 11.8 Å². The number of aromatic nitrogens is 3. The Labute approximate surface area is 426 Å². The maximum absolute atomic E-state index is 14.1. The summed E-state index contributed by atoms with van der Waals surface area (Å²) in [5.41, 5.74) is -0.321. The number of ether oxygens (including phenoxy) is 8. The third-order valence-electron chi connectivity index (χ3n) is 13.7. The van der Waals surface area contributed by atoms with Crippen LogP contribution in [0.1, 0.15) is 62.9 Å². The van der Waals surface area contributed by atoms with Gasteiger partial charge in [0.2, 0.25) is 5.91 Å². The predicted molar refractivity (Wildman–Crippen MR) is 244 cm³/mol. The molecule has 27 heteroatoms. The van der Waals surface area contributed by atoms with Crippen LogP contribution < -0.4 is 5.32 Å². The monoisotopic (exact) mass is 1070 g/mol. The molecule has 0 bridgehead atoms. The number of rotatable bonds is 20. The molecule has 1 aliphatic carbocycles. The van der Waals surface area contributed by atoms with Gasteiger partial charge in [0.05, 0.1) is 49.9 Å². The Balaban J connectivity index is 1.09. The van der Waals surface area contributed by atoms with Crippen molar-refractivity contribution in [3.05, 3.63) is 71.7 Å². The molecular formula is C48H63F3N4O20. The van der Waals surface area contributed by atoms with Crippen molar-refractivity contribution < 1.29 is 111 Å². The predicted octanol–water partition coefficient (Wildman–Crippen LogP) is -0.938. The number of carboxylic acid groups (broad SMARTS) is 1. The summed E-state index contributed by atoms with van der Waals surface area (Å²) >= 11 is 0. The van der Waals surface area contributed by atoms with Gasteiger partial charge in [0.15, 0.2) is 48.5 Å². The normalized spacial score (nSPS) is 35.6. The Hall–Kier alpha value is -4.82. The third kappa shape index (κ3) is 13.1. The first-order valence-corrected chi connectivity index (χ1v) is 24.4. The Morgan fingerprint density at radius 1 is 0.800 bits per heavy atom. The Morgan fingerprint density at radius 3 is 2.12 bits per heavy atom. The molecule has 20 atom stereocenters. The first kappa shape index (κ1) is 57.9. The van der Waals surface area contributed by atoms with Crippen LogP contribution >= 0.6 is 0 Å². The van der Waals surface area contributed by atoms with E-state index in [0.29, 0.717) is 18.6 Å². The molecular weight excluding hydrogens is 1010 g/mol. The van der Waals surface area contributed by atoms with E-state index in [1.165, 1.54) is 19.1 Å². The van der Waals surface area contributed by atoms with Crippen LogP contribution in [0.5, 0.6) is 0 Å². The molecule has 3 aliphatic heterocycles. The van der Waals surface area contributed by atoms with Gasteiger partial charge in [-0.1, -0.05) is 43.7 Å². The number of carbonyl (C=O) groups excluding carboxylic acids is 2. The number of benzene rings is 2. The number of halogens is 3. The zero-order valence-corrected chi connectivity index (χ0v) is 40.8. The summed E-state index contributed by atoms with van der Waals surface area (Å²) in [4.78, 5) is 40.1. The highest BCUT2D eigenvalue weighted by atomic mass is 19.2. The minimum atomic E-state index is -1.78. The van der Waals surface area contributed by atoms with E-state index < -0.39 is 171 Å². The lowest BCUT2D eigenvalue weighted by molar-refractivity contribution is -0.349. The molecule has 12 unspecified atom stereocenters. The van der Waals surface area contributed by atoms with Gasteiger partial charge in [-0.3, -0.25) is 4.79 Å². The van der Waals surface area contributed by atoms with Crippen molar-refractivity contribution in [2.45, 2.75) is 157 Å². The average Bonchev–Trinajstić information content (AvgIpc) is 3.88. The molecule has 1 aromatic heterocycles. The van der Waals surface area contributed by atoms with Crippen LogP contribution in [0.15, 0.2) is 48.7 Å². The summed E-state index contributed by atoms with van der Waals surface area (Å²) in [6.45, 7) is 2.63. The maximum Gasteiger partial charge on any atom is 0.338 e. The number of nitrogens with one attached hydrogen (secondary N) is 1. The van der Waals surface area contributed by atoms with E-state index in [2.05, 4.69) is 15.6 Å². The lowest BCUT2D eigenvalue weighted by atomic mass is 9.77. The zero-order valence-electron chi connectivity index (χ0n) is 40.8.